The van der Waals surface area contributed by atoms with E-state index >= 15 is 0 Å². The number of rotatable bonds is 3. The molecule has 3 rings (SSSR count). The van der Waals surface area contributed by atoms with Crippen molar-refractivity contribution in [3.63, 3.8) is 0 Å². The number of likely N-dealkylation sites (tertiary alicyclic amines) is 1. The Morgan fingerprint density at radius 3 is 2.80 bits per heavy atom. The largest absolute Gasteiger partial charge is 0.335 e. The molecule has 2 heterocycles. The quantitative estimate of drug-likeness (QED) is 0.846. The highest BCUT2D eigenvalue weighted by molar-refractivity contribution is 7.13. The van der Waals surface area contributed by atoms with E-state index in [1.165, 1.54) is 44.9 Å². The van der Waals surface area contributed by atoms with Crippen molar-refractivity contribution in [3.05, 3.63) is 16.1 Å². The van der Waals surface area contributed by atoms with Gasteiger partial charge in [0.15, 0.2) is 0 Å². The number of carbonyl (C=O) groups is 1. The van der Waals surface area contributed by atoms with Crippen molar-refractivity contribution in [2.75, 3.05) is 6.54 Å². The molecule has 4 heteroatoms. The third kappa shape index (κ3) is 2.76. The maximum atomic E-state index is 12.7. The Balaban J connectivity index is 1.72. The van der Waals surface area contributed by atoms with Crippen molar-refractivity contribution >= 4 is 17.2 Å². The molecule has 0 N–H and O–H groups in total. The van der Waals surface area contributed by atoms with E-state index in [-0.39, 0.29) is 5.91 Å². The topological polar surface area (TPSA) is 33.2 Å². The van der Waals surface area contributed by atoms with Crippen LogP contribution in [0.2, 0.25) is 0 Å². The molecule has 2 aliphatic rings. The van der Waals surface area contributed by atoms with Gasteiger partial charge in [0.25, 0.3) is 5.91 Å². The molecule has 1 saturated heterocycles. The fraction of sp³-hybridized carbons (Fsp3) is 0.750. The molecule has 1 aliphatic heterocycles. The zero-order valence-corrected chi connectivity index (χ0v) is 13.1. The first kappa shape index (κ1) is 14.1. The van der Waals surface area contributed by atoms with Gasteiger partial charge in [-0.2, -0.15) is 0 Å². The van der Waals surface area contributed by atoms with Crippen molar-refractivity contribution in [3.8, 4) is 0 Å². The smallest absolute Gasteiger partial charge is 0.265 e. The lowest BCUT2D eigenvalue weighted by Gasteiger charge is -2.33. The van der Waals surface area contributed by atoms with Gasteiger partial charge < -0.3 is 4.90 Å². The van der Waals surface area contributed by atoms with Gasteiger partial charge in [-0.15, -0.1) is 11.3 Å². The molecule has 1 aromatic rings. The lowest BCUT2D eigenvalue weighted by atomic mass is 9.83. The van der Waals surface area contributed by atoms with E-state index < -0.39 is 0 Å². The Labute approximate surface area is 125 Å². The number of hydrogen-bond donors (Lipinski definition) is 0. The number of thiazole rings is 1. The van der Waals surface area contributed by atoms with E-state index in [2.05, 4.69) is 16.8 Å². The summed E-state index contributed by atoms with van der Waals surface area (Å²) in [5.41, 5.74) is 0. The molecule has 1 atom stereocenters. The Bertz CT molecular complexity index is 465. The van der Waals surface area contributed by atoms with Crippen LogP contribution in [0.5, 0.6) is 0 Å². The van der Waals surface area contributed by atoms with Crippen molar-refractivity contribution in [2.24, 2.45) is 5.92 Å². The molecule has 3 nitrogen and oxygen atoms in total. The first-order valence-electron chi connectivity index (χ1n) is 8.05. The molecular weight excluding hydrogens is 268 g/mol. The first-order chi connectivity index (χ1) is 9.79. The summed E-state index contributed by atoms with van der Waals surface area (Å²) in [6, 6.07) is 0.495. The van der Waals surface area contributed by atoms with Crippen LogP contribution in [0.25, 0.3) is 0 Å². The lowest BCUT2D eigenvalue weighted by Crippen LogP contribution is -2.40. The summed E-state index contributed by atoms with van der Waals surface area (Å²) < 4.78 is 0. The zero-order valence-electron chi connectivity index (χ0n) is 12.3. The van der Waals surface area contributed by atoms with Crippen molar-refractivity contribution < 1.29 is 4.79 Å². The van der Waals surface area contributed by atoms with Gasteiger partial charge in [0, 0.05) is 12.6 Å². The molecule has 20 heavy (non-hydrogen) atoms. The fourth-order valence-electron chi connectivity index (χ4n) is 3.77. The van der Waals surface area contributed by atoms with E-state index in [9.17, 15) is 4.79 Å². The second kappa shape index (κ2) is 6.25. The third-order valence-electron chi connectivity index (χ3n) is 4.82. The average molecular weight is 292 g/mol. The van der Waals surface area contributed by atoms with Crippen LogP contribution in [0.3, 0.4) is 0 Å². The molecule has 0 bridgehead atoms. The van der Waals surface area contributed by atoms with E-state index in [4.69, 9.17) is 0 Å². The van der Waals surface area contributed by atoms with Crippen LogP contribution in [-0.4, -0.2) is 28.4 Å². The van der Waals surface area contributed by atoms with Crippen LogP contribution in [-0.2, 0) is 6.42 Å². The molecule has 1 aliphatic carbocycles. The molecular formula is C16H24N2OS. The molecule has 1 amide bonds. The van der Waals surface area contributed by atoms with E-state index in [1.807, 2.05) is 0 Å². The predicted octanol–water partition coefficient (Wildman–Crippen LogP) is 3.89. The van der Waals surface area contributed by atoms with Crippen LogP contribution in [0.1, 0.15) is 66.5 Å². The minimum absolute atomic E-state index is 0.232. The number of hydrogen-bond acceptors (Lipinski definition) is 3. The summed E-state index contributed by atoms with van der Waals surface area (Å²) in [6.07, 6.45) is 11.8. The highest BCUT2D eigenvalue weighted by Gasteiger charge is 2.35. The summed E-state index contributed by atoms with van der Waals surface area (Å²) >= 11 is 1.57. The number of aryl methyl sites for hydroxylation is 1. The predicted molar refractivity (Wildman–Crippen MR) is 82.1 cm³/mol. The van der Waals surface area contributed by atoms with Crippen molar-refractivity contribution in [1.29, 1.82) is 0 Å². The molecule has 1 aromatic heterocycles. The summed E-state index contributed by atoms with van der Waals surface area (Å²) in [5, 5.41) is 1.07. The summed E-state index contributed by atoms with van der Waals surface area (Å²) in [5.74, 6) is 0.976. The standard InChI is InChI=1S/C16H24N2OS/c1-2-15-17-11-14(20-15)16(19)18-10-6-9-13(18)12-7-4-3-5-8-12/h11-13H,2-10H2,1H3. The monoisotopic (exact) mass is 292 g/mol. The van der Waals surface area contributed by atoms with E-state index in [0.29, 0.717) is 6.04 Å². The molecule has 1 saturated carbocycles. The summed E-state index contributed by atoms with van der Waals surface area (Å²) in [7, 11) is 0. The normalized spacial score (nSPS) is 24.2. The maximum Gasteiger partial charge on any atom is 0.265 e. The first-order valence-corrected chi connectivity index (χ1v) is 8.87. The lowest BCUT2D eigenvalue weighted by molar-refractivity contribution is 0.0666. The second-order valence-electron chi connectivity index (χ2n) is 6.08. The third-order valence-corrected chi connectivity index (χ3v) is 5.95. The average Bonchev–Trinajstić information content (AvgIpc) is 3.16. The molecule has 110 valence electrons. The van der Waals surface area contributed by atoms with Crippen LogP contribution in [0, 0.1) is 5.92 Å². The van der Waals surface area contributed by atoms with Gasteiger partial charge >= 0.3 is 0 Å². The molecule has 0 spiro atoms. The van der Waals surface area contributed by atoms with Gasteiger partial charge in [0.05, 0.1) is 11.2 Å². The zero-order chi connectivity index (χ0) is 13.9. The van der Waals surface area contributed by atoms with Gasteiger partial charge in [-0.1, -0.05) is 26.2 Å². The fourth-order valence-corrected chi connectivity index (χ4v) is 4.58. The highest BCUT2D eigenvalue weighted by atomic mass is 32.1. The van der Waals surface area contributed by atoms with Crippen LogP contribution < -0.4 is 0 Å². The van der Waals surface area contributed by atoms with E-state index in [0.717, 1.165) is 28.8 Å². The minimum Gasteiger partial charge on any atom is -0.335 e. The number of nitrogens with zero attached hydrogens (tertiary/aromatic N) is 2. The second-order valence-corrected chi connectivity index (χ2v) is 7.19. The van der Waals surface area contributed by atoms with Crippen molar-refractivity contribution in [1.82, 2.24) is 9.88 Å². The van der Waals surface area contributed by atoms with Crippen molar-refractivity contribution in [2.45, 2.75) is 64.3 Å². The number of aromatic nitrogens is 1. The van der Waals surface area contributed by atoms with Crippen LogP contribution >= 0.6 is 11.3 Å². The van der Waals surface area contributed by atoms with Gasteiger partial charge in [0.1, 0.15) is 4.88 Å². The molecule has 1 unspecified atom stereocenters. The number of carbonyl (C=O) groups excluding carboxylic acids is 1. The Morgan fingerprint density at radius 1 is 1.30 bits per heavy atom. The minimum atomic E-state index is 0.232. The van der Waals surface area contributed by atoms with Gasteiger partial charge in [-0.25, -0.2) is 4.98 Å². The molecule has 0 aromatic carbocycles. The van der Waals surface area contributed by atoms with Crippen LogP contribution in [0.4, 0.5) is 0 Å². The number of amides is 1. The van der Waals surface area contributed by atoms with Crippen LogP contribution in [0.15, 0.2) is 6.20 Å². The van der Waals surface area contributed by atoms with Gasteiger partial charge in [-0.05, 0) is 38.0 Å². The summed E-state index contributed by atoms with van der Waals surface area (Å²) in [6.45, 7) is 3.03. The highest BCUT2D eigenvalue weighted by Crippen LogP contribution is 2.35. The molecule has 0 radical (unpaired) electrons. The van der Waals surface area contributed by atoms with Gasteiger partial charge in [0.2, 0.25) is 0 Å². The van der Waals surface area contributed by atoms with E-state index in [1.54, 1.807) is 17.5 Å². The SMILES string of the molecule is CCc1ncc(C(=O)N2CCCC2C2CCCCC2)s1. The Hall–Kier alpha value is -0.900. The Morgan fingerprint density at radius 2 is 2.10 bits per heavy atom. The van der Waals surface area contributed by atoms with Gasteiger partial charge in [-0.3, -0.25) is 4.79 Å². The molecule has 2 fully saturated rings. The summed E-state index contributed by atoms with van der Waals surface area (Å²) in [4.78, 5) is 20.1. The maximum absolute atomic E-state index is 12.7. The Kier molecular flexibility index (Phi) is 4.39.